The maximum atomic E-state index is 8.74. The molecule has 0 aliphatic rings. The average Bonchev–Trinajstić information content (AvgIpc) is 2.08. The first-order valence-electron chi connectivity index (χ1n) is 3.96. The van der Waals surface area contributed by atoms with Crippen LogP contribution in [0.3, 0.4) is 0 Å². The van der Waals surface area contributed by atoms with Crippen LogP contribution >= 0.6 is 0 Å². The van der Waals surface area contributed by atoms with Gasteiger partial charge in [0.1, 0.15) is 0 Å². The molecule has 0 aromatic heterocycles. The van der Waals surface area contributed by atoms with Gasteiger partial charge in [-0.15, -0.1) is 0 Å². The van der Waals surface area contributed by atoms with Crippen LogP contribution in [0.1, 0.15) is 11.1 Å². The molecule has 12 heavy (non-hydrogen) atoms. The summed E-state index contributed by atoms with van der Waals surface area (Å²) in [6, 6.07) is 5.59. The van der Waals surface area contributed by atoms with E-state index < -0.39 is 0 Å². The smallest absolute Gasteiger partial charge is 0.0471 e. The maximum Gasteiger partial charge on any atom is 0.0471 e. The lowest BCUT2D eigenvalue weighted by Gasteiger charge is -2.06. The SMILES string of the molecule is NCc1cc(N)ccc1CCO. The van der Waals surface area contributed by atoms with Gasteiger partial charge in [0.25, 0.3) is 0 Å². The van der Waals surface area contributed by atoms with Gasteiger partial charge in [0.15, 0.2) is 0 Å². The van der Waals surface area contributed by atoms with Crippen LogP contribution < -0.4 is 11.5 Å². The van der Waals surface area contributed by atoms with Crippen LogP contribution in [0.2, 0.25) is 0 Å². The first kappa shape index (κ1) is 9.03. The molecule has 3 nitrogen and oxygen atoms in total. The van der Waals surface area contributed by atoms with Gasteiger partial charge in [0.05, 0.1) is 0 Å². The molecule has 0 fully saturated rings. The molecule has 0 atom stereocenters. The normalized spacial score (nSPS) is 10.2. The predicted octanol–water partition coefficient (Wildman–Crippen LogP) is 0.262. The number of anilines is 1. The van der Waals surface area contributed by atoms with Crippen molar-refractivity contribution in [3.8, 4) is 0 Å². The average molecular weight is 166 g/mol. The Balaban J connectivity index is 2.94. The molecule has 5 N–H and O–H groups in total. The molecule has 0 unspecified atom stereocenters. The van der Waals surface area contributed by atoms with Crippen LogP contribution in [0.5, 0.6) is 0 Å². The summed E-state index contributed by atoms with van der Waals surface area (Å²) in [5, 5.41) is 8.74. The van der Waals surface area contributed by atoms with Gasteiger partial charge in [-0.2, -0.15) is 0 Å². The molecule has 0 bridgehead atoms. The molecule has 0 spiro atoms. The molecule has 3 heteroatoms. The number of nitrogen functional groups attached to an aromatic ring is 1. The highest BCUT2D eigenvalue weighted by Crippen LogP contribution is 2.13. The van der Waals surface area contributed by atoms with Crippen LogP contribution in [0, 0.1) is 0 Å². The van der Waals surface area contributed by atoms with Crippen LogP contribution in [-0.2, 0) is 13.0 Å². The molecular weight excluding hydrogens is 152 g/mol. The molecule has 0 amide bonds. The van der Waals surface area contributed by atoms with Gasteiger partial charge in [-0.05, 0) is 29.7 Å². The van der Waals surface area contributed by atoms with Crippen molar-refractivity contribution < 1.29 is 5.11 Å². The number of aliphatic hydroxyl groups is 1. The van der Waals surface area contributed by atoms with Gasteiger partial charge in [-0.25, -0.2) is 0 Å². The summed E-state index contributed by atoms with van der Waals surface area (Å²) in [5.74, 6) is 0. The minimum Gasteiger partial charge on any atom is -0.399 e. The summed E-state index contributed by atoms with van der Waals surface area (Å²) in [6.45, 7) is 0.622. The summed E-state index contributed by atoms with van der Waals surface area (Å²) in [4.78, 5) is 0. The van der Waals surface area contributed by atoms with E-state index in [4.69, 9.17) is 16.6 Å². The third-order valence-electron chi connectivity index (χ3n) is 1.83. The van der Waals surface area contributed by atoms with E-state index in [9.17, 15) is 0 Å². The Morgan fingerprint density at radius 1 is 1.25 bits per heavy atom. The molecule has 1 rings (SSSR count). The summed E-state index contributed by atoms with van der Waals surface area (Å²) in [7, 11) is 0. The topological polar surface area (TPSA) is 72.3 Å². The minimum atomic E-state index is 0.150. The van der Waals surface area contributed by atoms with E-state index in [1.807, 2.05) is 18.2 Å². The summed E-state index contributed by atoms with van der Waals surface area (Å²) < 4.78 is 0. The monoisotopic (exact) mass is 166 g/mol. The van der Waals surface area contributed by atoms with E-state index in [2.05, 4.69) is 0 Å². The van der Waals surface area contributed by atoms with E-state index in [-0.39, 0.29) is 6.61 Å². The molecule has 0 heterocycles. The van der Waals surface area contributed by atoms with Crippen molar-refractivity contribution in [3.05, 3.63) is 29.3 Å². The van der Waals surface area contributed by atoms with Gasteiger partial charge >= 0.3 is 0 Å². The second kappa shape index (κ2) is 4.09. The molecule has 0 radical (unpaired) electrons. The van der Waals surface area contributed by atoms with E-state index in [1.165, 1.54) is 0 Å². The maximum absolute atomic E-state index is 8.74. The Hall–Kier alpha value is -1.06. The third kappa shape index (κ3) is 1.96. The molecule has 0 aliphatic carbocycles. The first-order chi connectivity index (χ1) is 5.77. The Morgan fingerprint density at radius 2 is 2.00 bits per heavy atom. The van der Waals surface area contributed by atoms with Crippen LogP contribution in [0.15, 0.2) is 18.2 Å². The zero-order valence-corrected chi connectivity index (χ0v) is 6.96. The highest BCUT2D eigenvalue weighted by atomic mass is 16.2. The van der Waals surface area contributed by atoms with Crippen molar-refractivity contribution in [3.63, 3.8) is 0 Å². The molecule has 0 saturated carbocycles. The Kier molecular flexibility index (Phi) is 3.08. The summed E-state index contributed by atoms with van der Waals surface area (Å²) in [5.41, 5.74) is 13.9. The Morgan fingerprint density at radius 3 is 2.58 bits per heavy atom. The van der Waals surface area contributed by atoms with Crippen molar-refractivity contribution in [1.82, 2.24) is 0 Å². The fraction of sp³-hybridized carbons (Fsp3) is 0.333. The molecule has 0 saturated heterocycles. The van der Waals surface area contributed by atoms with E-state index in [0.717, 1.165) is 16.8 Å². The zero-order chi connectivity index (χ0) is 8.97. The van der Waals surface area contributed by atoms with Crippen molar-refractivity contribution in [2.75, 3.05) is 12.3 Å². The molecular formula is C9H14N2O. The second-order valence-corrected chi connectivity index (χ2v) is 2.71. The van der Waals surface area contributed by atoms with Gasteiger partial charge < -0.3 is 16.6 Å². The standard InChI is InChI=1S/C9H14N2O/c10-6-8-5-9(11)2-1-7(8)3-4-12/h1-2,5,12H,3-4,6,10-11H2. The second-order valence-electron chi connectivity index (χ2n) is 2.71. The van der Waals surface area contributed by atoms with Gasteiger partial charge in [-0.1, -0.05) is 6.07 Å². The van der Waals surface area contributed by atoms with Crippen molar-refractivity contribution >= 4 is 5.69 Å². The molecule has 1 aromatic rings. The lowest BCUT2D eigenvalue weighted by Crippen LogP contribution is -2.04. The fourth-order valence-electron chi connectivity index (χ4n) is 1.20. The highest BCUT2D eigenvalue weighted by molar-refractivity contribution is 5.44. The summed E-state index contributed by atoms with van der Waals surface area (Å²) in [6.07, 6.45) is 0.646. The van der Waals surface area contributed by atoms with Crippen LogP contribution in [0.25, 0.3) is 0 Å². The summed E-state index contributed by atoms with van der Waals surface area (Å²) >= 11 is 0. The van der Waals surface area contributed by atoms with Crippen LogP contribution in [0.4, 0.5) is 5.69 Å². The number of rotatable bonds is 3. The number of benzene rings is 1. The van der Waals surface area contributed by atoms with E-state index in [1.54, 1.807) is 0 Å². The first-order valence-corrected chi connectivity index (χ1v) is 3.96. The predicted molar refractivity (Wildman–Crippen MR) is 49.5 cm³/mol. The Labute approximate surface area is 72.0 Å². The highest BCUT2D eigenvalue weighted by Gasteiger charge is 1.99. The molecule has 1 aromatic carbocycles. The largest absolute Gasteiger partial charge is 0.399 e. The van der Waals surface area contributed by atoms with Gasteiger partial charge in [0.2, 0.25) is 0 Å². The molecule has 0 aliphatic heterocycles. The number of nitrogens with two attached hydrogens (primary N) is 2. The van der Waals surface area contributed by atoms with Gasteiger partial charge in [-0.3, -0.25) is 0 Å². The quantitative estimate of drug-likeness (QED) is 0.564. The number of aliphatic hydroxyl groups excluding tert-OH is 1. The van der Waals surface area contributed by atoms with Crippen molar-refractivity contribution in [2.45, 2.75) is 13.0 Å². The number of hydrogen-bond donors (Lipinski definition) is 3. The molecule has 66 valence electrons. The fourth-order valence-corrected chi connectivity index (χ4v) is 1.20. The third-order valence-corrected chi connectivity index (χ3v) is 1.83. The lowest BCUT2D eigenvalue weighted by molar-refractivity contribution is 0.299. The van der Waals surface area contributed by atoms with Crippen molar-refractivity contribution in [2.24, 2.45) is 5.73 Å². The van der Waals surface area contributed by atoms with Crippen molar-refractivity contribution in [1.29, 1.82) is 0 Å². The number of hydrogen-bond acceptors (Lipinski definition) is 3. The minimum absolute atomic E-state index is 0.150. The van der Waals surface area contributed by atoms with E-state index >= 15 is 0 Å². The van der Waals surface area contributed by atoms with E-state index in [0.29, 0.717) is 13.0 Å². The lowest BCUT2D eigenvalue weighted by atomic mass is 10.0. The van der Waals surface area contributed by atoms with Gasteiger partial charge in [0, 0.05) is 18.8 Å². The van der Waals surface area contributed by atoms with Crippen LogP contribution in [-0.4, -0.2) is 11.7 Å². The Bertz CT molecular complexity index is 261. The zero-order valence-electron chi connectivity index (χ0n) is 6.96.